The number of nitro benzene ring substituents is 1. The Balaban J connectivity index is 2.28. The molecule has 0 unspecified atom stereocenters. The van der Waals surface area contributed by atoms with E-state index < -0.39 is 4.92 Å². The van der Waals surface area contributed by atoms with Gasteiger partial charge in [0, 0.05) is 24.5 Å². The maximum Gasteiger partial charge on any atom is 0.311 e. The predicted octanol–water partition coefficient (Wildman–Crippen LogP) is 2.79. The van der Waals surface area contributed by atoms with Gasteiger partial charge in [0.1, 0.15) is 11.5 Å². The predicted molar refractivity (Wildman–Crippen MR) is 64.0 cm³/mol. The highest BCUT2D eigenvalue weighted by Gasteiger charge is 2.15. The summed E-state index contributed by atoms with van der Waals surface area (Å²) in [6, 6.07) is 7.71. The molecular weight excluding hydrogens is 236 g/mol. The van der Waals surface area contributed by atoms with Crippen LogP contribution in [0.4, 0.5) is 5.69 Å². The smallest absolute Gasteiger partial charge is 0.311 e. The maximum atomic E-state index is 10.7. The third-order valence-corrected chi connectivity index (χ3v) is 2.23. The minimum atomic E-state index is -0.505. The fraction of sp³-hybridized carbons (Fsp3) is 0.0833. The van der Waals surface area contributed by atoms with Crippen LogP contribution in [0, 0.1) is 10.1 Å². The lowest BCUT2D eigenvalue weighted by molar-refractivity contribution is -0.385. The van der Waals surface area contributed by atoms with E-state index in [2.05, 4.69) is 4.98 Å². The van der Waals surface area contributed by atoms with E-state index in [1.165, 1.54) is 25.3 Å². The molecule has 1 aromatic heterocycles. The van der Waals surface area contributed by atoms with Crippen LogP contribution >= 0.6 is 0 Å². The summed E-state index contributed by atoms with van der Waals surface area (Å²) >= 11 is 0. The molecule has 6 heteroatoms. The summed E-state index contributed by atoms with van der Waals surface area (Å²) in [6.45, 7) is 0. The van der Waals surface area contributed by atoms with Gasteiger partial charge in [0.15, 0.2) is 0 Å². The molecule has 0 amide bonds. The Morgan fingerprint density at radius 2 is 1.89 bits per heavy atom. The van der Waals surface area contributed by atoms with Crippen molar-refractivity contribution in [3.8, 4) is 17.2 Å². The summed E-state index contributed by atoms with van der Waals surface area (Å²) in [5, 5.41) is 10.7. The topological polar surface area (TPSA) is 74.5 Å². The Hall–Kier alpha value is -2.63. The first-order valence-electron chi connectivity index (χ1n) is 5.11. The summed E-state index contributed by atoms with van der Waals surface area (Å²) in [5.41, 5.74) is -0.0976. The van der Waals surface area contributed by atoms with Gasteiger partial charge in [-0.3, -0.25) is 15.1 Å². The molecule has 0 aliphatic rings. The van der Waals surface area contributed by atoms with Crippen LogP contribution in [-0.2, 0) is 0 Å². The van der Waals surface area contributed by atoms with E-state index in [9.17, 15) is 10.1 Å². The molecule has 0 saturated carbocycles. The Bertz CT molecular complexity index is 557. The standard InChI is InChI=1S/C12H10N2O4/c1-17-12-8-10(2-3-11(12)14(15)16)18-9-4-6-13-7-5-9/h2-8H,1H3. The van der Waals surface area contributed by atoms with Crippen molar-refractivity contribution < 1.29 is 14.4 Å². The first-order valence-corrected chi connectivity index (χ1v) is 5.11. The van der Waals surface area contributed by atoms with E-state index >= 15 is 0 Å². The van der Waals surface area contributed by atoms with Gasteiger partial charge in [0.2, 0.25) is 5.75 Å². The molecule has 0 fully saturated rings. The maximum absolute atomic E-state index is 10.7. The number of benzene rings is 1. The summed E-state index contributed by atoms with van der Waals surface area (Å²) in [7, 11) is 1.37. The molecule has 6 nitrogen and oxygen atoms in total. The second kappa shape index (κ2) is 5.13. The van der Waals surface area contributed by atoms with Crippen molar-refractivity contribution in [1.82, 2.24) is 4.98 Å². The molecule has 0 N–H and O–H groups in total. The molecule has 0 bridgehead atoms. The number of ether oxygens (including phenoxy) is 2. The molecule has 2 rings (SSSR count). The molecule has 0 saturated heterocycles. The van der Waals surface area contributed by atoms with Crippen LogP contribution in [0.1, 0.15) is 0 Å². The lowest BCUT2D eigenvalue weighted by atomic mass is 10.3. The Morgan fingerprint density at radius 1 is 1.17 bits per heavy atom. The third-order valence-electron chi connectivity index (χ3n) is 2.23. The van der Waals surface area contributed by atoms with E-state index in [0.29, 0.717) is 11.5 Å². The monoisotopic (exact) mass is 246 g/mol. The van der Waals surface area contributed by atoms with Gasteiger partial charge in [0.25, 0.3) is 0 Å². The van der Waals surface area contributed by atoms with Crippen LogP contribution in [-0.4, -0.2) is 17.0 Å². The van der Waals surface area contributed by atoms with Gasteiger partial charge in [0.05, 0.1) is 12.0 Å². The SMILES string of the molecule is COc1cc(Oc2ccncc2)ccc1[N+](=O)[O-]. The van der Waals surface area contributed by atoms with Gasteiger partial charge >= 0.3 is 5.69 Å². The lowest BCUT2D eigenvalue weighted by Gasteiger charge is -2.07. The van der Waals surface area contributed by atoms with Crippen LogP contribution in [0.2, 0.25) is 0 Å². The molecule has 0 atom stereocenters. The van der Waals surface area contributed by atoms with Crippen molar-refractivity contribution >= 4 is 5.69 Å². The van der Waals surface area contributed by atoms with Gasteiger partial charge in [-0.1, -0.05) is 0 Å². The number of aromatic nitrogens is 1. The third kappa shape index (κ3) is 2.54. The molecule has 0 aliphatic carbocycles. The molecule has 2 aromatic rings. The second-order valence-corrected chi connectivity index (χ2v) is 3.38. The zero-order valence-corrected chi connectivity index (χ0v) is 9.57. The molecule has 0 aliphatic heterocycles. The van der Waals surface area contributed by atoms with Crippen molar-refractivity contribution in [2.75, 3.05) is 7.11 Å². The van der Waals surface area contributed by atoms with Crippen molar-refractivity contribution in [3.63, 3.8) is 0 Å². The number of methoxy groups -OCH3 is 1. The van der Waals surface area contributed by atoms with Crippen LogP contribution in [0.5, 0.6) is 17.2 Å². The highest BCUT2D eigenvalue weighted by molar-refractivity contribution is 5.51. The van der Waals surface area contributed by atoms with Gasteiger partial charge in [-0.15, -0.1) is 0 Å². The normalized spacial score (nSPS) is 9.83. The lowest BCUT2D eigenvalue weighted by Crippen LogP contribution is -1.94. The molecule has 1 heterocycles. The number of nitro groups is 1. The fourth-order valence-electron chi connectivity index (χ4n) is 1.41. The molecular formula is C12H10N2O4. The summed E-state index contributed by atoms with van der Waals surface area (Å²) in [6.07, 6.45) is 3.19. The minimum absolute atomic E-state index is 0.0976. The average molecular weight is 246 g/mol. The highest BCUT2D eigenvalue weighted by atomic mass is 16.6. The van der Waals surface area contributed by atoms with Crippen molar-refractivity contribution in [2.24, 2.45) is 0 Å². The van der Waals surface area contributed by atoms with E-state index in [4.69, 9.17) is 9.47 Å². The molecule has 0 spiro atoms. The Kier molecular flexibility index (Phi) is 3.38. The first kappa shape index (κ1) is 11.8. The number of hydrogen-bond acceptors (Lipinski definition) is 5. The Morgan fingerprint density at radius 3 is 2.50 bits per heavy atom. The van der Waals surface area contributed by atoms with Crippen molar-refractivity contribution in [2.45, 2.75) is 0 Å². The van der Waals surface area contributed by atoms with Crippen LogP contribution in [0.3, 0.4) is 0 Å². The fourth-order valence-corrected chi connectivity index (χ4v) is 1.41. The second-order valence-electron chi connectivity index (χ2n) is 3.38. The van der Waals surface area contributed by atoms with Crippen molar-refractivity contribution in [1.29, 1.82) is 0 Å². The average Bonchev–Trinajstić information content (AvgIpc) is 2.39. The zero-order chi connectivity index (χ0) is 13.0. The summed E-state index contributed by atoms with van der Waals surface area (Å²) < 4.78 is 10.5. The van der Waals surface area contributed by atoms with E-state index in [-0.39, 0.29) is 11.4 Å². The van der Waals surface area contributed by atoms with E-state index in [1.807, 2.05) is 0 Å². The van der Waals surface area contributed by atoms with Crippen LogP contribution in [0.25, 0.3) is 0 Å². The van der Waals surface area contributed by atoms with Gasteiger partial charge in [-0.05, 0) is 18.2 Å². The van der Waals surface area contributed by atoms with Crippen LogP contribution in [0.15, 0.2) is 42.7 Å². The minimum Gasteiger partial charge on any atom is -0.490 e. The number of hydrogen-bond donors (Lipinski definition) is 0. The van der Waals surface area contributed by atoms with Crippen LogP contribution < -0.4 is 9.47 Å². The zero-order valence-electron chi connectivity index (χ0n) is 9.57. The Labute approximate surface area is 103 Å². The number of pyridine rings is 1. The highest BCUT2D eigenvalue weighted by Crippen LogP contribution is 2.32. The molecule has 0 radical (unpaired) electrons. The van der Waals surface area contributed by atoms with E-state index in [0.717, 1.165) is 0 Å². The van der Waals surface area contributed by atoms with Gasteiger partial charge in [-0.25, -0.2) is 0 Å². The number of rotatable bonds is 4. The van der Waals surface area contributed by atoms with Gasteiger partial charge < -0.3 is 9.47 Å². The molecule has 18 heavy (non-hydrogen) atoms. The van der Waals surface area contributed by atoms with Crippen molar-refractivity contribution in [3.05, 3.63) is 52.8 Å². The summed E-state index contributed by atoms with van der Waals surface area (Å²) in [5.74, 6) is 1.22. The molecule has 92 valence electrons. The first-order chi connectivity index (χ1) is 8.70. The largest absolute Gasteiger partial charge is 0.490 e. The van der Waals surface area contributed by atoms with Gasteiger partial charge in [-0.2, -0.15) is 0 Å². The quantitative estimate of drug-likeness (QED) is 0.612. The molecule has 1 aromatic carbocycles. The van der Waals surface area contributed by atoms with E-state index in [1.54, 1.807) is 24.5 Å². The summed E-state index contributed by atoms with van der Waals surface area (Å²) in [4.78, 5) is 14.1. The number of nitrogens with zero attached hydrogens (tertiary/aromatic N) is 2.